The van der Waals surface area contributed by atoms with Gasteiger partial charge in [0.15, 0.2) is 0 Å². The molecule has 0 bridgehead atoms. The molecular formula is C58H107N2O6P. The summed E-state index contributed by atoms with van der Waals surface area (Å²) in [4.78, 5) is 25.5. The van der Waals surface area contributed by atoms with E-state index in [4.69, 9.17) is 9.05 Å². The highest BCUT2D eigenvalue weighted by Gasteiger charge is 2.23. The highest BCUT2D eigenvalue weighted by atomic mass is 31.2. The Morgan fingerprint density at radius 1 is 0.522 bits per heavy atom. The molecule has 0 aliphatic carbocycles. The minimum absolute atomic E-state index is 0.0135. The van der Waals surface area contributed by atoms with Crippen LogP contribution >= 0.6 is 7.82 Å². The minimum atomic E-state index is -4.61. The summed E-state index contributed by atoms with van der Waals surface area (Å²) in [6.07, 6.45) is 66.8. The quantitative estimate of drug-likeness (QED) is 0.0272. The molecule has 0 aromatic carbocycles. The standard InChI is InChI=1S/C58H107N2O6P/c1-6-8-10-12-14-16-18-20-22-24-26-28-30-32-34-36-38-40-42-44-46-48-50-52-58(62)59-56(55-66-67(63,64)65-54-53-60(3,4)5)57(61)51-49-47-45-43-41-39-37-35-33-31-29-27-25-23-21-19-17-15-13-11-9-7-2/h18,20,24,26,30,32-33,35,41,43,49,51,56-57,61H,6-17,19,21-23,25,27-29,31,34,36-40,42,44-48,50,52-55H2,1-5H3,(H-,59,62,63,64)/b20-18-,26-24-,32-30-,35-33+,43-41+,51-49+. The zero-order valence-corrected chi connectivity index (χ0v) is 45.2. The molecule has 0 aromatic rings. The van der Waals surface area contributed by atoms with E-state index in [0.29, 0.717) is 17.4 Å². The Hall–Kier alpha value is -2.06. The van der Waals surface area contributed by atoms with E-state index in [1.54, 1.807) is 6.08 Å². The predicted octanol–water partition coefficient (Wildman–Crippen LogP) is 16.1. The lowest BCUT2D eigenvalue weighted by Gasteiger charge is -2.29. The van der Waals surface area contributed by atoms with Crippen molar-refractivity contribution >= 4 is 13.7 Å². The lowest BCUT2D eigenvalue weighted by Crippen LogP contribution is -2.45. The van der Waals surface area contributed by atoms with Crippen molar-refractivity contribution in [1.82, 2.24) is 5.32 Å². The number of rotatable bonds is 50. The van der Waals surface area contributed by atoms with Gasteiger partial charge < -0.3 is 28.8 Å². The van der Waals surface area contributed by atoms with E-state index in [9.17, 15) is 19.4 Å². The molecule has 0 radical (unpaired) electrons. The summed E-state index contributed by atoms with van der Waals surface area (Å²) in [6, 6.07) is -0.918. The molecule has 0 saturated carbocycles. The zero-order valence-electron chi connectivity index (χ0n) is 44.3. The number of unbranched alkanes of at least 4 members (excludes halogenated alkanes) is 27. The number of carbonyl (C=O) groups excluding carboxylic acids is 1. The topological polar surface area (TPSA) is 108 Å². The van der Waals surface area contributed by atoms with Gasteiger partial charge in [-0.2, -0.15) is 0 Å². The maximum Gasteiger partial charge on any atom is 0.268 e. The molecule has 0 aliphatic rings. The second-order valence-electron chi connectivity index (χ2n) is 19.9. The number of aliphatic hydroxyl groups is 1. The van der Waals surface area contributed by atoms with E-state index in [1.807, 2.05) is 27.2 Å². The number of phosphoric acid groups is 1. The Kier molecular flexibility index (Phi) is 47.4. The van der Waals surface area contributed by atoms with Gasteiger partial charge in [0, 0.05) is 6.42 Å². The molecule has 9 heteroatoms. The maximum absolute atomic E-state index is 12.9. The SMILES string of the molecule is CCCCCCC/C=C\C/C=C\C/C=C\CCCCCCCCCCC(=O)NC(COP(=O)([O-])OCC[N+](C)(C)C)C(O)/C=C/CC/C=C/CC/C=C/CCCCCCCCCCCCCC. The molecule has 0 aromatic heterocycles. The summed E-state index contributed by atoms with van der Waals surface area (Å²) in [6.45, 7) is 4.61. The van der Waals surface area contributed by atoms with Gasteiger partial charge in [-0.25, -0.2) is 0 Å². The second kappa shape index (κ2) is 48.9. The fourth-order valence-electron chi connectivity index (χ4n) is 7.72. The molecule has 3 atom stereocenters. The summed E-state index contributed by atoms with van der Waals surface area (Å²) in [5.41, 5.74) is 0. The third-order valence-electron chi connectivity index (χ3n) is 12.1. The van der Waals surface area contributed by atoms with Crippen molar-refractivity contribution in [3.63, 3.8) is 0 Å². The van der Waals surface area contributed by atoms with Crippen LogP contribution in [-0.4, -0.2) is 68.5 Å². The predicted molar refractivity (Wildman–Crippen MR) is 288 cm³/mol. The lowest BCUT2D eigenvalue weighted by atomic mass is 10.0. The van der Waals surface area contributed by atoms with Crippen LogP contribution in [0.3, 0.4) is 0 Å². The smallest absolute Gasteiger partial charge is 0.268 e. The first kappa shape index (κ1) is 64.9. The molecule has 3 unspecified atom stereocenters. The first-order valence-electron chi connectivity index (χ1n) is 27.8. The van der Waals surface area contributed by atoms with E-state index in [0.717, 1.165) is 70.6 Å². The number of likely N-dealkylation sites (N-methyl/N-ethyl adjacent to an activating group) is 1. The molecule has 0 heterocycles. The number of hydrogen-bond acceptors (Lipinski definition) is 6. The Labute approximate surface area is 414 Å². The van der Waals surface area contributed by atoms with E-state index in [-0.39, 0.29) is 12.5 Å². The van der Waals surface area contributed by atoms with E-state index >= 15 is 0 Å². The highest BCUT2D eigenvalue weighted by molar-refractivity contribution is 7.45. The van der Waals surface area contributed by atoms with Gasteiger partial charge >= 0.3 is 0 Å². The molecule has 1 amide bonds. The fourth-order valence-corrected chi connectivity index (χ4v) is 8.44. The van der Waals surface area contributed by atoms with Gasteiger partial charge in [-0.3, -0.25) is 9.36 Å². The third kappa shape index (κ3) is 51.6. The van der Waals surface area contributed by atoms with E-state index in [1.165, 1.54) is 148 Å². The summed E-state index contributed by atoms with van der Waals surface area (Å²) in [7, 11) is 1.22. The average molecular weight is 959 g/mol. The van der Waals surface area contributed by atoms with Crippen LogP contribution in [0.15, 0.2) is 72.9 Å². The molecule has 390 valence electrons. The van der Waals surface area contributed by atoms with Crippen LogP contribution in [0.1, 0.15) is 239 Å². The van der Waals surface area contributed by atoms with Crippen molar-refractivity contribution in [2.75, 3.05) is 40.9 Å². The summed E-state index contributed by atoms with van der Waals surface area (Å²) in [5, 5.41) is 13.8. The van der Waals surface area contributed by atoms with Crippen LogP contribution < -0.4 is 10.2 Å². The van der Waals surface area contributed by atoms with Crippen molar-refractivity contribution in [2.24, 2.45) is 0 Å². The summed E-state index contributed by atoms with van der Waals surface area (Å²) >= 11 is 0. The van der Waals surface area contributed by atoms with E-state index < -0.39 is 26.6 Å². The van der Waals surface area contributed by atoms with Gasteiger partial charge in [0.1, 0.15) is 13.2 Å². The molecule has 8 nitrogen and oxygen atoms in total. The van der Waals surface area contributed by atoms with Gasteiger partial charge in [0.25, 0.3) is 7.82 Å². The minimum Gasteiger partial charge on any atom is -0.756 e. The molecule has 2 N–H and O–H groups in total. The third-order valence-corrected chi connectivity index (χ3v) is 13.1. The average Bonchev–Trinajstić information content (AvgIpc) is 3.29. The number of phosphoric ester groups is 1. The molecule has 0 rings (SSSR count). The number of nitrogens with one attached hydrogen (secondary N) is 1. The monoisotopic (exact) mass is 959 g/mol. The molecule has 0 fully saturated rings. The van der Waals surface area contributed by atoms with Crippen molar-refractivity contribution in [1.29, 1.82) is 0 Å². The molecule has 67 heavy (non-hydrogen) atoms. The highest BCUT2D eigenvalue weighted by Crippen LogP contribution is 2.38. The summed E-state index contributed by atoms with van der Waals surface area (Å²) < 4.78 is 23.3. The van der Waals surface area contributed by atoms with Crippen LogP contribution in [0.2, 0.25) is 0 Å². The van der Waals surface area contributed by atoms with Crippen LogP contribution in [0.4, 0.5) is 0 Å². The van der Waals surface area contributed by atoms with Gasteiger partial charge in [0.2, 0.25) is 5.91 Å². The first-order valence-corrected chi connectivity index (χ1v) is 29.3. The second-order valence-corrected chi connectivity index (χ2v) is 21.3. The number of quaternary nitrogens is 1. The molecular weight excluding hydrogens is 852 g/mol. The van der Waals surface area contributed by atoms with Crippen LogP contribution in [0, 0.1) is 0 Å². The lowest BCUT2D eigenvalue weighted by molar-refractivity contribution is -0.870. The maximum atomic E-state index is 12.9. The number of allylic oxidation sites excluding steroid dienone is 11. The van der Waals surface area contributed by atoms with Crippen molar-refractivity contribution in [3.05, 3.63) is 72.9 Å². The van der Waals surface area contributed by atoms with Gasteiger partial charge in [-0.15, -0.1) is 0 Å². The number of nitrogens with zero attached hydrogens (tertiary/aromatic N) is 1. The molecule has 0 saturated heterocycles. The van der Waals surface area contributed by atoms with Crippen LogP contribution in [-0.2, 0) is 18.4 Å². The normalized spacial score (nSPS) is 14.6. The van der Waals surface area contributed by atoms with Gasteiger partial charge in [-0.1, -0.05) is 222 Å². The number of hydrogen-bond donors (Lipinski definition) is 2. The summed E-state index contributed by atoms with van der Waals surface area (Å²) in [5.74, 6) is -0.220. The largest absolute Gasteiger partial charge is 0.756 e. The van der Waals surface area contributed by atoms with Gasteiger partial charge in [-0.05, 0) is 83.5 Å². The van der Waals surface area contributed by atoms with Crippen molar-refractivity contribution in [3.8, 4) is 0 Å². The molecule has 0 spiro atoms. The fraction of sp³-hybridized carbons (Fsp3) is 0.776. The number of carbonyl (C=O) groups is 1. The van der Waals surface area contributed by atoms with Crippen molar-refractivity contribution in [2.45, 2.75) is 251 Å². The Bertz CT molecular complexity index is 1320. The zero-order chi connectivity index (χ0) is 49.2. The van der Waals surface area contributed by atoms with Crippen LogP contribution in [0.5, 0.6) is 0 Å². The van der Waals surface area contributed by atoms with Crippen LogP contribution in [0.25, 0.3) is 0 Å². The van der Waals surface area contributed by atoms with Gasteiger partial charge in [0.05, 0.1) is 39.9 Å². The number of aliphatic hydroxyl groups excluding tert-OH is 1. The Morgan fingerprint density at radius 2 is 0.881 bits per heavy atom. The Balaban J connectivity index is 4.36. The number of amides is 1. The van der Waals surface area contributed by atoms with E-state index in [2.05, 4.69) is 79.9 Å². The first-order chi connectivity index (χ1) is 32.5. The molecule has 0 aliphatic heterocycles. The van der Waals surface area contributed by atoms with Crippen molar-refractivity contribution < 1.29 is 32.9 Å². The Morgan fingerprint density at radius 3 is 1.31 bits per heavy atom.